The van der Waals surface area contributed by atoms with E-state index in [1.54, 1.807) is 18.3 Å². The maximum atomic E-state index is 6.01. The minimum atomic E-state index is -0.0351. The van der Waals surface area contributed by atoms with Crippen molar-refractivity contribution in [3.63, 3.8) is 0 Å². The third-order valence-corrected chi connectivity index (χ3v) is 2.45. The van der Waals surface area contributed by atoms with Crippen LogP contribution < -0.4 is 11.3 Å². The molecule has 0 aliphatic heterocycles. The van der Waals surface area contributed by atoms with Gasteiger partial charge in [-0.15, -0.1) is 12.3 Å². The fourth-order valence-corrected chi connectivity index (χ4v) is 1.61. The number of hydrogen-bond donors (Lipinski definition) is 2. The molecule has 0 aliphatic rings. The molecule has 0 amide bonds. The Balaban J connectivity index is 2.66. The number of aromatic nitrogens is 1. The number of hydrogen-bond acceptors (Lipinski definition) is 3. The van der Waals surface area contributed by atoms with Crippen LogP contribution in [0.4, 0.5) is 0 Å². The largest absolute Gasteiger partial charge is 0.271 e. The van der Waals surface area contributed by atoms with E-state index in [2.05, 4.69) is 16.3 Å². The first-order chi connectivity index (χ1) is 7.29. The molecule has 0 spiro atoms. The van der Waals surface area contributed by atoms with Gasteiger partial charge in [0.1, 0.15) is 0 Å². The van der Waals surface area contributed by atoms with Gasteiger partial charge in [0.2, 0.25) is 0 Å². The minimum Gasteiger partial charge on any atom is -0.271 e. The Morgan fingerprint density at radius 3 is 3.07 bits per heavy atom. The lowest BCUT2D eigenvalue weighted by Crippen LogP contribution is -2.28. The fourth-order valence-electron chi connectivity index (χ4n) is 1.36. The maximum Gasteiger partial charge on any atom is 0.0772 e. The van der Waals surface area contributed by atoms with Crippen molar-refractivity contribution in [2.75, 3.05) is 0 Å². The molecular formula is C11H14ClN3. The third-order valence-electron chi connectivity index (χ3n) is 2.13. The molecule has 1 aromatic rings. The highest BCUT2D eigenvalue weighted by Gasteiger charge is 2.13. The van der Waals surface area contributed by atoms with Crippen LogP contribution in [0.3, 0.4) is 0 Å². The third kappa shape index (κ3) is 3.52. The molecular weight excluding hydrogens is 210 g/mol. The minimum absolute atomic E-state index is 0.0351. The quantitative estimate of drug-likeness (QED) is 0.348. The van der Waals surface area contributed by atoms with E-state index in [0.29, 0.717) is 5.02 Å². The number of nitrogens with one attached hydrogen (secondary N) is 1. The molecule has 1 atom stereocenters. The molecule has 0 aromatic carbocycles. The van der Waals surface area contributed by atoms with E-state index in [-0.39, 0.29) is 6.04 Å². The molecule has 1 unspecified atom stereocenters. The summed E-state index contributed by atoms with van der Waals surface area (Å²) in [5.74, 6) is 8.05. The summed E-state index contributed by atoms with van der Waals surface area (Å²) in [4.78, 5) is 4.20. The van der Waals surface area contributed by atoms with E-state index in [1.165, 1.54) is 0 Å². The first kappa shape index (κ1) is 12.0. The summed E-state index contributed by atoms with van der Waals surface area (Å²) in [6.07, 6.45) is 9.35. The van der Waals surface area contributed by atoms with Gasteiger partial charge in [0, 0.05) is 12.6 Å². The second-order valence-electron chi connectivity index (χ2n) is 3.19. The van der Waals surface area contributed by atoms with Gasteiger partial charge >= 0.3 is 0 Å². The van der Waals surface area contributed by atoms with Crippen molar-refractivity contribution >= 4 is 11.6 Å². The zero-order chi connectivity index (χ0) is 11.1. The van der Waals surface area contributed by atoms with Crippen molar-refractivity contribution in [3.8, 4) is 12.3 Å². The molecule has 0 bridgehead atoms. The molecule has 0 aliphatic carbocycles. The molecule has 3 nitrogen and oxygen atoms in total. The molecule has 0 fully saturated rings. The van der Waals surface area contributed by atoms with Gasteiger partial charge in [-0.25, -0.2) is 0 Å². The van der Waals surface area contributed by atoms with Crippen LogP contribution in [0.1, 0.15) is 31.0 Å². The summed E-state index contributed by atoms with van der Waals surface area (Å²) >= 11 is 6.01. The predicted molar refractivity (Wildman–Crippen MR) is 62.0 cm³/mol. The molecule has 80 valence electrons. The molecule has 0 saturated heterocycles. The van der Waals surface area contributed by atoms with E-state index in [9.17, 15) is 0 Å². The second-order valence-corrected chi connectivity index (χ2v) is 3.59. The number of nitrogens with two attached hydrogens (primary N) is 1. The lowest BCUT2D eigenvalue weighted by molar-refractivity contribution is 0.491. The second kappa shape index (κ2) is 6.41. The van der Waals surface area contributed by atoms with Crippen LogP contribution in [0.15, 0.2) is 18.3 Å². The van der Waals surface area contributed by atoms with Crippen LogP contribution in [-0.2, 0) is 0 Å². The van der Waals surface area contributed by atoms with E-state index >= 15 is 0 Å². The molecule has 1 aromatic heterocycles. The average Bonchev–Trinajstić information content (AvgIpc) is 2.26. The van der Waals surface area contributed by atoms with Gasteiger partial charge in [0.15, 0.2) is 0 Å². The monoisotopic (exact) mass is 223 g/mol. The van der Waals surface area contributed by atoms with Gasteiger partial charge in [-0.1, -0.05) is 11.6 Å². The van der Waals surface area contributed by atoms with Crippen molar-refractivity contribution in [1.82, 2.24) is 10.4 Å². The van der Waals surface area contributed by atoms with Crippen LogP contribution >= 0.6 is 11.6 Å². The first-order valence-corrected chi connectivity index (χ1v) is 5.17. The first-order valence-electron chi connectivity index (χ1n) is 4.79. The number of pyridine rings is 1. The summed E-state index contributed by atoms with van der Waals surface area (Å²) < 4.78 is 0. The van der Waals surface area contributed by atoms with Crippen LogP contribution in [0.2, 0.25) is 5.02 Å². The van der Waals surface area contributed by atoms with Crippen LogP contribution in [0.25, 0.3) is 0 Å². The van der Waals surface area contributed by atoms with E-state index in [4.69, 9.17) is 23.9 Å². The van der Waals surface area contributed by atoms with Gasteiger partial charge in [0.05, 0.1) is 16.8 Å². The Morgan fingerprint density at radius 1 is 1.67 bits per heavy atom. The average molecular weight is 224 g/mol. The fraction of sp³-hybridized carbons (Fsp3) is 0.364. The molecule has 15 heavy (non-hydrogen) atoms. The number of terminal acetylenes is 1. The molecule has 4 heteroatoms. The van der Waals surface area contributed by atoms with Crippen LogP contribution in [-0.4, -0.2) is 4.98 Å². The number of unbranched alkanes of at least 4 members (excludes halogenated alkanes) is 1. The normalized spacial score (nSPS) is 12.1. The van der Waals surface area contributed by atoms with E-state index < -0.39 is 0 Å². The van der Waals surface area contributed by atoms with Crippen molar-refractivity contribution < 1.29 is 0 Å². The van der Waals surface area contributed by atoms with Gasteiger partial charge in [-0.05, 0) is 25.0 Å². The molecule has 0 saturated carbocycles. The van der Waals surface area contributed by atoms with Crippen molar-refractivity contribution in [1.29, 1.82) is 0 Å². The number of halogens is 1. The summed E-state index contributed by atoms with van der Waals surface area (Å²) in [6.45, 7) is 0. The Kier molecular flexibility index (Phi) is 5.13. The number of rotatable bonds is 5. The molecule has 1 rings (SSSR count). The standard InChI is InChI=1S/C11H14ClN3/c1-2-3-4-7-10(15-13)11-9(12)6-5-8-14-11/h1,5-6,8,10,15H,3-4,7,13H2. The maximum absolute atomic E-state index is 6.01. The Morgan fingerprint density at radius 2 is 2.47 bits per heavy atom. The SMILES string of the molecule is C#CCCCC(NN)c1ncccc1Cl. The predicted octanol–water partition coefficient (Wildman–Crippen LogP) is 2.04. The highest BCUT2D eigenvalue weighted by molar-refractivity contribution is 6.31. The summed E-state index contributed by atoms with van der Waals surface area (Å²) in [6, 6.07) is 3.56. The van der Waals surface area contributed by atoms with Gasteiger partial charge in [-0.3, -0.25) is 16.3 Å². The Labute approximate surface area is 95.0 Å². The lowest BCUT2D eigenvalue weighted by atomic mass is 10.1. The lowest BCUT2D eigenvalue weighted by Gasteiger charge is -2.15. The van der Waals surface area contributed by atoms with Crippen molar-refractivity contribution in [3.05, 3.63) is 29.0 Å². The van der Waals surface area contributed by atoms with E-state index in [0.717, 1.165) is 25.0 Å². The summed E-state index contributed by atoms with van der Waals surface area (Å²) in [7, 11) is 0. The molecule has 0 radical (unpaired) electrons. The van der Waals surface area contributed by atoms with Gasteiger partial charge in [0.25, 0.3) is 0 Å². The zero-order valence-corrected chi connectivity index (χ0v) is 9.17. The topological polar surface area (TPSA) is 50.9 Å². The molecule has 3 N–H and O–H groups in total. The van der Waals surface area contributed by atoms with E-state index in [1.807, 2.05) is 0 Å². The Bertz CT molecular complexity index is 346. The van der Waals surface area contributed by atoms with Gasteiger partial charge < -0.3 is 0 Å². The van der Waals surface area contributed by atoms with Crippen molar-refractivity contribution in [2.24, 2.45) is 5.84 Å². The highest BCUT2D eigenvalue weighted by Crippen LogP contribution is 2.23. The number of nitrogens with zero attached hydrogens (tertiary/aromatic N) is 1. The smallest absolute Gasteiger partial charge is 0.0772 e. The van der Waals surface area contributed by atoms with Crippen molar-refractivity contribution in [2.45, 2.75) is 25.3 Å². The zero-order valence-electron chi connectivity index (χ0n) is 8.41. The highest BCUT2D eigenvalue weighted by atomic mass is 35.5. The van der Waals surface area contributed by atoms with Gasteiger partial charge in [-0.2, -0.15) is 0 Å². The van der Waals surface area contributed by atoms with Crippen LogP contribution in [0, 0.1) is 12.3 Å². The summed E-state index contributed by atoms with van der Waals surface area (Å²) in [5.41, 5.74) is 3.48. The summed E-state index contributed by atoms with van der Waals surface area (Å²) in [5, 5.41) is 0.626. The Hall–Kier alpha value is -1.08. The molecule has 1 heterocycles. The number of hydrazine groups is 1. The van der Waals surface area contributed by atoms with Crippen LogP contribution in [0.5, 0.6) is 0 Å².